The van der Waals surface area contributed by atoms with E-state index in [2.05, 4.69) is 15.0 Å². The third-order valence-electron chi connectivity index (χ3n) is 3.85. The van der Waals surface area contributed by atoms with Crippen molar-refractivity contribution in [3.8, 4) is 5.88 Å². The number of hydrogen-bond donors (Lipinski definition) is 1. The van der Waals surface area contributed by atoms with Crippen LogP contribution in [0.1, 0.15) is 44.0 Å². The Morgan fingerprint density at radius 1 is 1.04 bits per heavy atom. The lowest BCUT2D eigenvalue weighted by Crippen LogP contribution is -2.17. The summed E-state index contributed by atoms with van der Waals surface area (Å²) < 4.78 is 5.44. The Kier molecular flexibility index (Phi) is 4.20. The second-order valence-electron chi connectivity index (χ2n) is 6.71. The zero-order chi connectivity index (χ0) is 17.3. The number of methoxy groups -OCH3 is 1. The van der Waals surface area contributed by atoms with Crippen molar-refractivity contribution in [2.45, 2.75) is 32.3 Å². The number of pyridine rings is 1. The number of aliphatic hydroxyl groups excluding tert-OH is 1. The maximum atomic E-state index is 10.8. The number of aliphatic hydroxyl groups is 1. The van der Waals surface area contributed by atoms with Gasteiger partial charge in [0.15, 0.2) is 0 Å². The largest absolute Gasteiger partial charge is 0.480 e. The quantitative estimate of drug-likeness (QED) is 0.800. The molecule has 0 saturated heterocycles. The first-order valence-electron chi connectivity index (χ1n) is 7.86. The summed E-state index contributed by atoms with van der Waals surface area (Å²) in [5.74, 6) is 1.15. The molecule has 24 heavy (non-hydrogen) atoms. The number of hydrogen-bond acceptors (Lipinski definition) is 5. The lowest BCUT2D eigenvalue weighted by atomic mass is 9.95. The van der Waals surface area contributed by atoms with Crippen LogP contribution in [0.4, 0.5) is 0 Å². The SMILES string of the molecule is COc1nc(C(C)(C)C)nc2c(C(O)c3ccccc3)nccc12. The molecular formula is C19H21N3O2. The van der Waals surface area contributed by atoms with Crippen LogP contribution in [0, 0.1) is 0 Å². The lowest BCUT2D eigenvalue weighted by molar-refractivity contribution is 0.217. The van der Waals surface area contributed by atoms with Crippen LogP contribution in [-0.2, 0) is 5.41 Å². The molecule has 5 nitrogen and oxygen atoms in total. The Bertz CT molecular complexity index is 858. The Morgan fingerprint density at radius 3 is 2.38 bits per heavy atom. The van der Waals surface area contributed by atoms with E-state index in [1.807, 2.05) is 57.2 Å². The van der Waals surface area contributed by atoms with E-state index in [0.717, 1.165) is 10.9 Å². The molecule has 0 aliphatic carbocycles. The van der Waals surface area contributed by atoms with Gasteiger partial charge >= 0.3 is 0 Å². The van der Waals surface area contributed by atoms with Crippen molar-refractivity contribution < 1.29 is 9.84 Å². The topological polar surface area (TPSA) is 68.1 Å². The number of ether oxygens (including phenoxy) is 1. The molecule has 0 bridgehead atoms. The molecule has 0 saturated carbocycles. The molecule has 0 amide bonds. The molecule has 0 spiro atoms. The lowest BCUT2D eigenvalue weighted by Gasteiger charge is -2.20. The standard InChI is InChI=1S/C19H21N3O2/c1-19(2,3)18-21-14-13(17(22-18)24-4)10-11-20-15(14)16(23)12-8-6-5-7-9-12/h5-11,16,23H,1-4H3. The minimum atomic E-state index is -0.859. The monoisotopic (exact) mass is 323 g/mol. The van der Waals surface area contributed by atoms with Gasteiger partial charge in [0.25, 0.3) is 0 Å². The third-order valence-corrected chi connectivity index (χ3v) is 3.85. The van der Waals surface area contributed by atoms with Crippen molar-refractivity contribution in [3.05, 3.63) is 59.7 Å². The Labute approximate surface area is 141 Å². The summed E-state index contributed by atoms with van der Waals surface area (Å²) in [6.45, 7) is 6.12. The third kappa shape index (κ3) is 2.95. The van der Waals surface area contributed by atoms with Gasteiger partial charge in [0.2, 0.25) is 5.88 Å². The molecule has 0 fully saturated rings. The van der Waals surface area contributed by atoms with Gasteiger partial charge in [0, 0.05) is 11.6 Å². The predicted molar refractivity (Wildman–Crippen MR) is 93.1 cm³/mol. The fourth-order valence-electron chi connectivity index (χ4n) is 2.53. The molecule has 1 aromatic carbocycles. The zero-order valence-corrected chi connectivity index (χ0v) is 14.3. The Morgan fingerprint density at radius 2 is 1.75 bits per heavy atom. The number of aromatic nitrogens is 3. The summed E-state index contributed by atoms with van der Waals surface area (Å²) in [4.78, 5) is 13.6. The van der Waals surface area contributed by atoms with Crippen molar-refractivity contribution >= 4 is 10.9 Å². The maximum absolute atomic E-state index is 10.8. The van der Waals surface area contributed by atoms with Crippen LogP contribution in [0.5, 0.6) is 5.88 Å². The van der Waals surface area contributed by atoms with E-state index in [4.69, 9.17) is 4.74 Å². The van der Waals surface area contributed by atoms with Crippen LogP contribution in [0.2, 0.25) is 0 Å². The molecule has 2 heterocycles. The van der Waals surface area contributed by atoms with Gasteiger partial charge < -0.3 is 9.84 Å². The van der Waals surface area contributed by atoms with Crippen LogP contribution >= 0.6 is 0 Å². The fraction of sp³-hybridized carbons (Fsp3) is 0.316. The normalized spacial score (nSPS) is 13.0. The summed E-state index contributed by atoms with van der Waals surface area (Å²) in [5.41, 5.74) is 1.65. The van der Waals surface area contributed by atoms with E-state index >= 15 is 0 Å². The molecule has 124 valence electrons. The van der Waals surface area contributed by atoms with E-state index in [9.17, 15) is 5.11 Å². The van der Waals surface area contributed by atoms with Gasteiger partial charge in [-0.05, 0) is 11.6 Å². The molecule has 0 radical (unpaired) electrons. The van der Waals surface area contributed by atoms with E-state index < -0.39 is 6.10 Å². The van der Waals surface area contributed by atoms with Gasteiger partial charge in [0.05, 0.1) is 18.2 Å². The zero-order valence-electron chi connectivity index (χ0n) is 14.3. The molecule has 0 aliphatic heterocycles. The highest BCUT2D eigenvalue weighted by Gasteiger charge is 2.23. The van der Waals surface area contributed by atoms with Gasteiger partial charge in [-0.1, -0.05) is 51.1 Å². The number of rotatable bonds is 3. The highest BCUT2D eigenvalue weighted by atomic mass is 16.5. The molecule has 1 unspecified atom stereocenters. The second kappa shape index (κ2) is 6.17. The summed E-state index contributed by atoms with van der Waals surface area (Å²) in [6, 6.07) is 11.2. The first-order valence-corrected chi connectivity index (χ1v) is 7.86. The minimum absolute atomic E-state index is 0.244. The average Bonchev–Trinajstić information content (AvgIpc) is 2.59. The highest BCUT2D eigenvalue weighted by Crippen LogP contribution is 2.32. The first kappa shape index (κ1) is 16.3. The van der Waals surface area contributed by atoms with Crippen molar-refractivity contribution in [2.75, 3.05) is 7.11 Å². The number of nitrogens with zero attached hydrogens (tertiary/aromatic N) is 3. The van der Waals surface area contributed by atoms with Crippen molar-refractivity contribution in [1.29, 1.82) is 0 Å². The fourth-order valence-corrected chi connectivity index (χ4v) is 2.53. The van der Waals surface area contributed by atoms with E-state index in [-0.39, 0.29) is 5.41 Å². The van der Waals surface area contributed by atoms with E-state index in [0.29, 0.717) is 22.9 Å². The number of benzene rings is 1. The van der Waals surface area contributed by atoms with Gasteiger partial charge in [-0.3, -0.25) is 4.98 Å². The van der Waals surface area contributed by atoms with Crippen LogP contribution in [0.25, 0.3) is 10.9 Å². The summed E-state index contributed by atoms with van der Waals surface area (Å²) in [6.07, 6.45) is 0.786. The predicted octanol–water partition coefficient (Wildman–Crippen LogP) is 3.41. The van der Waals surface area contributed by atoms with E-state index in [1.165, 1.54) is 0 Å². The molecule has 2 aromatic heterocycles. The maximum Gasteiger partial charge on any atom is 0.224 e. The first-order chi connectivity index (χ1) is 11.4. The molecule has 1 N–H and O–H groups in total. The van der Waals surface area contributed by atoms with Gasteiger partial charge in [0.1, 0.15) is 17.4 Å². The van der Waals surface area contributed by atoms with Crippen LogP contribution < -0.4 is 4.74 Å². The smallest absolute Gasteiger partial charge is 0.224 e. The minimum Gasteiger partial charge on any atom is -0.480 e. The Hall–Kier alpha value is -2.53. The summed E-state index contributed by atoms with van der Waals surface area (Å²) in [5, 5.41) is 11.5. The van der Waals surface area contributed by atoms with Gasteiger partial charge in [-0.2, -0.15) is 4.98 Å². The van der Waals surface area contributed by atoms with Crippen LogP contribution in [0.15, 0.2) is 42.6 Å². The molecule has 3 rings (SSSR count). The van der Waals surface area contributed by atoms with Crippen molar-refractivity contribution in [2.24, 2.45) is 0 Å². The van der Waals surface area contributed by atoms with E-state index in [1.54, 1.807) is 13.3 Å². The molecule has 5 heteroatoms. The molecule has 1 atom stereocenters. The second-order valence-corrected chi connectivity index (χ2v) is 6.71. The summed E-state index contributed by atoms with van der Waals surface area (Å²) >= 11 is 0. The molecular weight excluding hydrogens is 302 g/mol. The van der Waals surface area contributed by atoms with Crippen molar-refractivity contribution in [3.63, 3.8) is 0 Å². The highest BCUT2D eigenvalue weighted by molar-refractivity contribution is 5.85. The van der Waals surface area contributed by atoms with Crippen LogP contribution in [-0.4, -0.2) is 27.2 Å². The van der Waals surface area contributed by atoms with Gasteiger partial charge in [-0.15, -0.1) is 0 Å². The molecule has 3 aromatic rings. The van der Waals surface area contributed by atoms with Crippen LogP contribution in [0.3, 0.4) is 0 Å². The summed E-state index contributed by atoms with van der Waals surface area (Å²) in [7, 11) is 1.59. The number of fused-ring (bicyclic) bond motifs is 1. The Balaban J connectivity index is 2.25. The average molecular weight is 323 g/mol. The van der Waals surface area contributed by atoms with Crippen molar-refractivity contribution in [1.82, 2.24) is 15.0 Å². The molecule has 0 aliphatic rings. The van der Waals surface area contributed by atoms with Gasteiger partial charge in [-0.25, -0.2) is 4.98 Å².